The number of hydrogen-bond donors (Lipinski definition) is 3. The van der Waals surface area contributed by atoms with E-state index in [9.17, 15) is 27.2 Å². The molecule has 1 heterocycles. The topological polar surface area (TPSA) is 82.3 Å². The average molecular weight is 404 g/mol. The number of carbonyl (C=O) groups excluding carboxylic acids is 1. The first-order valence-corrected chi connectivity index (χ1v) is 8.15. The Morgan fingerprint density at radius 3 is 2.37 bits per heavy atom. The molecule has 0 spiro atoms. The lowest BCUT2D eigenvalue weighted by atomic mass is 10.1. The second-order valence-corrected chi connectivity index (χ2v) is 6.45. The van der Waals surface area contributed by atoms with Gasteiger partial charge in [0.25, 0.3) is 0 Å². The predicted octanol–water partition coefficient (Wildman–Crippen LogP) is 2.46. The molecule has 0 unspecified atom stereocenters. The largest absolute Gasteiger partial charge is 0.477 e. The molecule has 0 aliphatic carbocycles. The van der Waals surface area contributed by atoms with E-state index in [0.29, 0.717) is 4.90 Å². The molecule has 0 aliphatic rings. The van der Waals surface area contributed by atoms with Crippen LogP contribution < -0.4 is 15.4 Å². The smallest absolute Gasteiger partial charge is 0.413 e. The van der Waals surface area contributed by atoms with Crippen molar-refractivity contribution in [2.45, 2.75) is 21.6 Å². The number of halogens is 4. The Bertz CT molecular complexity index is 864. The monoisotopic (exact) mass is 404 g/mol. The molecule has 1 amide bonds. The van der Waals surface area contributed by atoms with Crippen molar-refractivity contribution < 1.29 is 36.8 Å². The maximum absolute atomic E-state index is 13.4. The van der Waals surface area contributed by atoms with Gasteiger partial charge in [0.05, 0.1) is 10.6 Å². The molecular weight excluding hydrogens is 390 g/mol. The first kappa shape index (κ1) is 20.5. The van der Waals surface area contributed by atoms with Crippen LogP contribution in [0, 0.1) is 0 Å². The van der Waals surface area contributed by atoms with Crippen LogP contribution in [0.4, 0.5) is 23.2 Å². The van der Waals surface area contributed by atoms with Crippen LogP contribution in [-0.2, 0) is 16.6 Å². The number of rotatable bonds is 7. The van der Waals surface area contributed by atoms with Crippen LogP contribution in [0.15, 0.2) is 58.6 Å². The van der Waals surface area contributed by atoms with Crippen LogP contribution in [0.3, 0.4) is 0 Å². The third-order valence-electron chi connectivity index (χ3n) is 3.29. The second kappa shape index (κ2) is 7.82. The summed E-state index contributed by atoms with van der Waals surface area (Å²) >= 11 is 1.23. The number of nitrogens with zero attached hydrogens (tertiary/aromatic N) is 1. The number of benzene rings is 1. The summed E-state index contributed by atoms with van der Waals surface area (Å²) < 4.78 is 54.8. The standard InChI is InChI=1S/C16H13F4N3O3S/c1-23-8-4-5-10(9-23)27-12-7-3-2-6-11(12)21-22-13(24)15(17,18)16(19,20)14(25)26/h2-9,21H,1H3,(H-,22,24,25,26)/p+1. The maximum Gasteiger partial charge on any atom is 0.413 e. The Morgan fingerprint density at radius 1 is 1.07 bits per heavy atom. The van der Waals surface area contributed by atoms with Gasteiger partial charge in [-0.3, -0.25) is 15.6 Å². The summed E-state index contributed by atoms with van der Waals surface area (Å²) in [4.78, 5) is 23.0. The van der Waals surface area contributed by atoms with E-state index >= 15 is 0 Å². The molecule has 0 radical (unpaired) electrons. The lowest BCUT2D eigenvalue weighted by molar-refractivity contribution is -0.673. The van der Waals surface area contributed by atoms with E-state index in [1.807, 2.05) is 0 Å². The first-order chi connectivity index (χ1) is 12.6. The van der Waals surface area contributed by atoms with Gasteiger partial charge in [0.15, 0.2) is 12.4 Å². The highest BCUT2D eigenvalue weighted by atomic mass is 32.2. The van der Waals surface area contributed by atoms with Crippen LogP contribution >= 0.6 is 11.8 Å². The number of pyridine rings is 1. The van der Waals surface area contributed by atoms with E-state index < -0.39 is 23.7 Å². The van der Waals surface area contributed by atoms with Crippen molar-refractivity contribution in [3.63, 3.8) is 0 Å². The molecule has 27 heavy (non-hydrogen) atoms. The lowest BCUT2D eigenvalue weighted by Gasteiger charge is -2.22. The van der Waals surface area contributed by atoms with Gasteiger partial charge in [-0.2, -0.15) is 17.6 Å². The summed E-state index contributed by atoms with van der Waals surface area (Å²) in [6, 6.07) is 9.82. The van der Waals surface area contributed by atoms with Crippen molar-refractivity contribution in [2.24, 2.45) is 7.05 Å². The summed E-state index contributed by atoms with van der Waals surface area (Å²) in [6.45, 7) is 0. The van der Waals surface area contributed by atoms with Gasteiger partial charge in [0.1, 0.15) is 7.05 Å². The van der Waals surface area contributed by atoms with E-state index in [4.69, 9.17) is 5.11 Å². The predicted molar refractivity (Wildman–Crippen MR) is 87.5 cm³/mol. The molecule has 1 aromatic carbocycles. The molecule has 0 saturated carbocycles. The van der Waals surface area contributed by atoms with E-state index in [1.165, 1.54) is 29.3 Å². The average Bonchev–Trinajstić information content (AvgIpc) is 2.60. The Balaban J connectivity index is 2.15. The van der Waals surface area contributed by atoms with Gasteiger partial charge < -0.3 is 5.11 Å². The fourth-order valence-electron chi connectivity index (χ4n) is 1.89. The van der Waals surface area contributed by atoms with Crippen molar-refractivity contribution in [1.82, 2.24) is 5.43 Å². The molecule has 2 aromatic rings. The Morgan fingerprint density at radius 2 is 1.74 bits per heavy atom. The van der Waals surface area contributed by atoms with E-state index in [1.54, 1.807) is 48.3 Å². The number of nitrogens with one attached hydrogen (secondary N) is 2. The molecule has 0 aliphatic heterocycles. The summed E-state index contributed by atoms with van der Waals surface area (Å²) in [7, 11) is 1.80. The van der Waals surface area contributed by atoms with Crippen LogP contribution in [0.1, 0.15) is 0 Å². The third-order valence-corrected chi connectivity index (χ3v) is 4.34. The number of hydrogen-bond acceptors (Lipinski definition) is 4. The zero-order valence-corrected chi connectivity index (χ0v) is 14.6. The van der Waals surface area contributed by atoms with Gasteiger partial charge in [0, 0.05) is 11.0 Å². The van der Waals surface area contributed by atoms with E-state index in [-0.39, 0.29) is 5.69 Å². The Labute approximate surface area is 155 Å². The fourth-order valence-corrected chi connectivity index (χ4v) is 2.88. The molecular formula is C16H14F4N3O3S+. The number of aromatic nitrogens is 1. The first-order valence-electron chi connectivity index (χ1n) is 7.33. The number of carbonyl (C=O) groups is 2. The summed E-state index contributed by atoms with van der Waals surface area (Å²) in [5.74, 6) is -16.6. The quantitative estimate of drug-likeness (QED) is 0.375. The van der Waals surface area contributed by atoms with Crippen LogP contribution in [0.2, 0.25) is 0 Å². The number of aryl methyl sites for hydroxylation is 1. The number of anilines is 1. The normalized spacial score (nSPS) is 11.7. The minimum absolute atomic E-state index is 0.164. The molecule has 3 N–H and O–H groups in total. The molecule has 144 valence electrons. The van der Waals surface area contributed by atoms with Gasteiger partial charge in [-0.25, -0.2) is 9.36 Å². The molecule has 0 saturated heterocycles. The number of amides is 1. The molecule has 0 bridgehead atoms. The molecule has 11 heteroatoms. The van der Waals surface area contributed by atoms with Crippen molar-refractivity contribution >= 4 is 29.3 Å². The lowest BCUT2D eigenvalue weighted by Crippen LogP contribution is -2.57. The van der Waals surface area contributed by atoms with Gasteiger partial charge in [0.2, 0.25) is 0 Å². The summed E-state index contributed by atoms with van der Waals surface area (Å²) in [5, 5.41) is 8.21. The van der Waals surface area contributed by atoms with Crippen molar-refractivity contribution in [3.8, 4) is 0 Å². The Hall–Kier alpha value is -2.82. The maximum atomic E-state index is 13.4. The number of alkyl halides is 4. The zero-order chi connectivity index (χ0) is 20.2. The van der Waals surface area contributed by atoms with E-state index in [0.717, 1.165) is 4.90 Å². The number of aliphatic carboxylic acids is 1. The van der Waals surface area contributed by atoms with E-state index in [2.05, 4.69) is 5.43 Å². The van der Waals surface area contributed by atoms with Gasteiger partial charge in [-0.15, -0.1) is 0 Å². The van der Waals surface area contributed by atoms with Crippen molar-refractivity contribution in [1.29, 1.82) is 0 Å². The van der Waals surface area contributed by atoms with Gasteiger partial charge >= 0.3 is 23.7 Å². The highest BCUT2D eigenvalue weighted by molar-refractivity contribution is 7.99. The molecule has 0 atom stereocenters. The molecule has 1 aromatic heterocycles. The Kier molecular flexibility index (Phi) is 5.94. The van der Waals surface area contributed by atoms with Crippen LogP contribution in [0.25, 0.3) is 0 Å². The van der Waals surface area contributed by atoms with Gasteiger partial charge in [-0.1, -0.05) is 23.9 Å². The van der Waals surface area contributed by atoms with Gasteiger partial charge in [-0.05, 0) is 18.2 Å². The van der Waals surface area contributed by atoms with Crippen molar-refractivity contribution in [2.75, 3.05) is 5.43 Å². The molecule has 6 nitrogen and oxygen atoms in total. The molecule has 2 rings (SSSR count). The van der Waals surface area contributed by atoms with Crippen molar-refractivity contribution in [3.05, 3.63) is 48.8 Å². The summed E-state index contributed by atoms with van der Waals surface area (Å²) in [5.41, 5.74) is 3.73. The highest BCUT2D eigenvalue weighted by Gasteiger charge is 2.67. The van der Waals surface area contributed by atoms with Crippen LogP contribution in [0.5, 0.6) is 0 Å². The van der Waals surface area contributed by atoms with Crippen LogP contribution in [-0.4, -0.2) is 28.8 Å². The summed E-state index contributed by atoms with van der Waals surface area (Å²) in [6.07, 6.45) is 3.60. The minimum Gasteiger partial charge on any atom is -0.477 e. The zero-order valence-electron chi connectivity index (χ0n) is 13.7. The number of carboxylic acids is 1. The number of carboxylic acid groups (broad SMARTS) is 1. The minimum atomic E-state index is -5.55. The fraction of sp³-hybridized carbons (Fsp3) is 0.188. The SMILES string of the molecule is C[n+]1cccc(Sc2ccccc2NNC(=O)C(F)(F)C(F)(F)C(=O)O)c1. The number of para-hydroxylation sites is 1. The highest BCUT2D eigenvalue weighted by Crippen LogP contribution is 2.35. The number of hydrazine groups is 1. The second-order valence-electron chi connectivity index (χ2n) is 5.34. The third kappa shape index (κ3) is 4.48. The molecule has 0 fully saturated rings.